The van der Waals surface area contributed by atoms with E-state index in [4.69, 9.17) is 5.73 Å². The summed E-state index contributed by atoms with van der Waals surface area (Å²) in [6.07, 6.45) is 5.07. The quantitative estimate of drug-likeness (QED) is 0.645. The molecule has 3 N–H and O–H groups in total. The van der Waals surface area contributed by atoms with Gasteiger partial charge in [0.25, 0.3) is 5.56 Å². The van der Waals surface area contributed by atoms with E-state index < -0.39 is 0 Å². The van der Waals surface area contributed by atoms with Gasteiger partial charge < -0.3 is 15.6 Å². The van der Waals surface area contributed by atoms with Crippen molar-refractivity contribution in [2.45, 2.75) is 26.7 Å². The summed E-state index contributed by atoms with van der Waals surface area (Å²) >= 11 is 3.36. The molecule has 0 radical (unpaired) electrons. The standard InChI is InChI=1S/C13H19BrN4O/c1-4-6-12(17-11(15)5-2)16-10-7-9(14)8-18(3)13(10)19/h6-8,16H,4-5H2,1-3H3,(H2,15,17)/b12-6-. The molecule has 0 saturated heterocycles. The third-order valence-electron chi connectivity index (χ3n) is 2.44. The molecule has 0 atom stereocenters. The fourth-order valence-electron chi connectivity index (χ4n) is 1.45. The molecule has 0 bridgehead atoms. The van der Waals surface area contributed by atoms with Crippen LogP contribution in [0, 0.1) is 0 Å². The largest absolute Gasteiger partial charge is 0.387 e. The number of anilines is 1. The Labute approximate surface area is 121 Å². The number of rotatable bonds is 5. The van der Waals surface area contributed by atoms with Crippen molar-refractivity contribution in [3.8, 4) is 0 Å². The Morgan fingerprint density at radius 1 is 1.58 bits per heavy atom. The number of amidine groups is 1. The van der Waals surface area contributed by atoms with Crippen molar-refractivity contribution in [3.63, 3.8) is 0 Å². The molecule has 0 aromatic carbocycles. The van der Waals surface area contributed by atoms with Gasteiger partial charge in [0.05, 0.1) is 0 Å². The molecule has 1 aromatic heterocycles. The monoisotopic (exact) mass is 326 g/mol. The van der Waals surface area contributed by atoms with E-state index in [1.165, 1.54) is 4.57 Å². The number of aryl methyl sites for hydroxylation is 1. The first kappa shape index (κ1) is 15.5. The molecule has 0 amide bonds. The lowest BCUT2D eigenvalue weighted by Gasteiger charge is -2.09. The minimum absolute atomic E-state index is 0.115. The average Bonchev–Trinajstić information content (AvgIpc) is 2.35. The van der Waals surface area contributed by atoms with E-state index >= 15 is 0 Å². The van der Waals surface area contributed by atoms with Gasteiger partial charge in [0, 0.05) is 24.1 Å². The number of aliphatic imine (C=N–C) groups is 1. The van der Waals surface area contributed by atoms with Crippen LogP contribution in [0.15, 0.2) is 38.4 Å². The highest BCUT2D eigenvalue weighted by Crippen LogP contribution is 2.14. The normalized spacial score (nSPS) is 12.6. The Kier molecular flexibility index (Phi) is 5.82. The van der Waals surface area contributed by atoms with Crippen molar-refractivity contribution in [1.82, 2.24) is 4.57 Å². The molecule has 0 fully saturated rings. The van der Waals surface area contributed by atoms with Crippen LogP contribution in [0.2, 0.25) is 0 Å². The van der Waals surface area contributed by atoms with E-state index in [0.717, 1.165) is 10.9 Å². The number of hydrogen-bond acceptors (Lipinski definition) is 3. The maximum atomic E-state index is 12.0. The maximum Gasteiger partial charge on any atom is 0.274 e. The van der Waals surface area contributed by atoms with Crippen LogP contribution in [-0.4, -0.2) is 10.4 Å². The summed E-state index contributed by atoms with van der Waals surface area (Å²) in [5.74, 6) is 1.12. The zero-order valence-corrected chi connectivity index (χ0v) is 13.0. The number of nitrogens with two attached hydrogens (primary N) is 1. The smallest absolute Gasteiger partial charge is 0.274 e. The van der Waals surface area contributed by atoms with Crippen LogP contribution in [0.3, 0.4) is 0 Å². The van der Waals surface area contributed by atoms with Crippen molar-refractivity contribution >= 4 is 27.5 Å². The van der Waals surface area contributed by atoms with E-state index in [9.17, 15) is 4.79 Å². The van der Waals surface area contributed by atoms with Crippen LogP contribution in [0.1, 0.15) is 26.7 Å². The molecular formula is C13H19BrN4O. The Bertz CT molecular complexity index is 560. The van der Waals surface area contributed by atoms with Gasteiger partial charge in [-0.1, -0.05) is 13.8 Å². The summed E-state index contributed by atoms with van der Waals surface area (Å²) in [6, 6.07) is 1.73. The predicted octanol–water partition coefficient (Wildman–Crippen LogP) is 2.58. The maximum absolute atomic E-state index is 12.0. The molecule has 1 aromatic rings. The van der Waals surface area contributed by atoms with Crippen molar-refractivity contribution < 1.29 is 0 Å². The van der Waals surface area contributed by atoms with Gasteiger partial charge in [-0.05, 0) is 34.5 Å². The highest BCUT2D eigenvalue weighted by Gasteiger charge is 2.05. The first-order chi connectivity index (χ1) is 8.97. The molecule has 0 spiro atoms. The molecule has 1 heterocycles. The summed E-state index contributed by atoms with van der Waals surface area (Å²) in [5.41, 5.74) is 6.08. The molecule has 0 aliphatic heterocycles. The van der Waals surface area contributed by atoms with Gasteiger partial charge in [0.1, 0.15) is 17.3 Å². The second-order valence-electron chi connectivity index (χ2n) is 4.07. The Morgan fingerprint density at radius 3 is 2.84 bits per heavy atom. The van der Waals surface area contributed by atoms with Gasteiger partial charge in [-0.15, -0.1) is 0 Å². The fraction of sp³-hybridized carbons (Fsp3) is 0.385. The second-order valence-corrected chi connectivity index (χ2v) is 4.98. The number of aromatic nitrogens is 1. The highest BCUT2D eigenvalue weighted by molar-refractivity contribution is 9.10. The minimum atomic E-state index is -0.115. The number of hydrogen-bond donors (Lipinski definition) is 2. The fourth-order valence-corrected chi connectivity index (χ4v) is 1.99. The van der Waals surface area contributed by atoms with Gasteiger partial charge in [-0.2, -0.15) is 0 Å². The highest BCUT2D eigenvalue weighted by atomic mass is 79.9. The van der Waals surface area contributed by atoms with Crippen molar-refractivity contribution in [2.24, 2.45) is 17.8 Å². The van der Waals surface area contributed by atoms with E-state index in [1.807, 2.05) is 19.9 Å². The molecule has 0 saturated carbocycles. The van der Waals surface area contributed by atoms with Gasteiger partial charge in [-0.3, -0.25) is 4.79 Å². The predicted molar refractivity (Wildman–Crippen MR) is 83.3 cm³/mol. The summed E-state index contributed by atoms with van der Waals surface area (Å²) in [4.78, 5) is 16.3. The number of allylic oxidation sites excluding steroid dienone is 1. The summed E-state index contributed by atoms with van der Waals surface area (Å²) < 4.78 is 2.32. The van der Waals surface area contributed by atoms with Gasteiger partial charge in [-0.25, -0.2) is 4.99 Å². The Balaban J connectivity index is 3.11. The molecular weight excluding hydrogens is 308 g/mol. The van der Waals surface area contributed by atoms with Crippen molar-refractivity contribution in [2.75, 3.05) is 5.32 Å². The van der Waals surface area contributed by atoms with E-state index in [2.05, 4.69) is 26.2 Å². The molecule has 19 heavy (non-hydrogen) atoms. The zero-order chi connectivity index (χ0) is 14.4. The summed E-state index contributed by atoms with van der Waals surface area (Å²) in [6.45, 7) is 3.93. The van der Waals surface area contributed by atoms with Gasteiger partial charge in [0.2, 0.25) is 0 Å². The first-order valence-electron chi connectivity index (χ1n) is 6.14. The SMILES string of the molecule is CC/C=C(\N=C(N)CC)Nc1cc(Br)cn(C)c1=O. The molecule has 104 valence electrons. The lowest BCUT2D eigenvalue weighted by molar-refractivity contribution is 0.857. The third kappa shape index (κ3) is 4.55. The lowest BCUT2D eigenvalue weighted by Crippen LogP contribution is -2.21. The average molecular weight is 327 g/mol. The lowest BCUT2D eigenvalue weighted by atomic mass is 10.3. The number of pyridine rings is 1. The summed E-state index contributed by atoms with van der Waals surface area (Å²) in [5, 5.41) is 3.03. The van der Waals surface area contributed by atoms with Crippen LogP contribution in [0.4, 0.5) is 5.69 Å². The van der Waals surface area contributed by atoms with Crippen LogP contribution in [-0.2, 0) is 7.05 Å². The summed E-state index contributed by atoms with van der Waals surface area (Å²) in [7, 11) is 1.70. The molecule has 0 unspecified atom stereocenters. The van der Waals surface area contributed by atoms with E-state index in [1.54, 1.807) is 19.3 Å². The first-order valence-corrected chi connectivity index (χ1v) is 6.93. The Hall–Kier alpha value is -1.56. The van der Waals surface area contributed by atoms with Crippen molar-refractivity contribution in [3.05, 3.63) is 39.0 Å². The third-order valence-corrected chi connectivity index (χ3v) is 2.87. The van der Waals surface area contributed by atoms with Crippen LogP contribution in [0.25, 0.3) is 0 Å². The second kappa shape index (κ2) is 7.13. The number of nitrogens with zero attached hydrogens (tertiary/aromatic N) is 2. The van der Waals surface area contributed by atoms with Gasteiger partial charge in [0.15, 0.2) is 0 Å². The van der Waals surface area contributed by atoms with Crippen LogP contribution in [0.5, 0.6) is 0 Å². The zero-order valence-electron chi connectivity index (χ0n) is 11.4. The Morgan fingerprint density at radius 2 is 2.26 bits per heavy atom. The van der Waals surface area contributed by atoms with Crippen molar-refractivity contribution in [1.29, 1.82) is 0 Å². The molecule has 6 heteroatoms. The van der Waals surface area contributed by atoms with Crippen LogP contribution >= 0.6 is 15.9 Å². The number of nitrogens with one attached hydrogen (secondary N) is 1. The van der Waals surface area contributed by atoms with Gasteiger partial charge >= 0.3 is 0 Å². The van der Waals surface area contributed by atoms with E-state index in [0.29, 0.717) is 23.8 Å². The topological polar surface area (TPSA) is 72.4 Å². The molecule has 5 nitrogen and oxygen atoms in total. The molecule has 1 rings (SSSR count). The van der Waals surface area contributed by atoms with Crippen LogP contribution < -0.4 is 16.6 Å². The molecule has 0 aliphatic carbocycles. The number of halogens is 1. The molecule has 0 aliphatic rings. The van der Waals surface area contributed by atoms with E-state index in [-0.39, 0.29) is 5.56 Å². The minimum Gasteiger partial charge on any atom is -0.387 e.